The molecule has 1 aromatic rings. The Morgan fingerprint density at radius 3 is 2.41 bits per heavy atom. The molecular weight excluding hydrogens is 220 g/mol. The van der Waals surface area contributed by atoms with E-state index in [4.69, 9.17) is 14.2 Å². The fraction of sp³-hybridized carbons (Fsp3) is 0.538. The van der Waals surface area contributed by atoms with Gasteiger partial charge in [-0.2, -0.15) is 0 Å². The average Bonchev–Trinajstić information content (AvgIpc) is 2.38. The maximum atomic E-state index is 10.1. The number of rotatable bonds is 7. The molecule has 0 saturated heterocycles. The SMILES string of the molecule is CCCOc1ccccc1C(O)C(OC)OC. The number of hydrogen-bond donors (Lipinski definition) is 1. The molecule has 4 nitrogen and oxygen atoms in total. The van der Waals surface area contributed by atoms with Crippen molar-refractivity contribution in [2.45, 2.75) is 25.7 Å². The number of ether oxygens (including phenoxy) is 3. The van der Waals surface area contributed by atoms with E-state index in [0.29, 0.717) is 17.9 Å². The zero-order valence-corrected chi connectivity index (χ0v) is 10.6. The summed E-state index contributed by atoms with van der Waals surface area (Å²) in [6.07, 6.45) is -0.637. The van der Waals surface area contributed by atoms with Crippen LogP contribution in [0.15, 0.2) is 24.3 Å². The van der Waals surface area contributed by atoms with Crippen molar-refractivity contribution in [2.75, 3.05) is 20.8 Å². The molecule has 1 unspecified atom stereocenters. The van der Waals surface area contributed by atoms with Crippen LogP contribution in [0.25, 0.3) is 0 Å². The largest absolute Gasteiger partial charge is 0.493 e. The monoisotopic (exact) mass is 240 g/mol. The summed E-state index contributed by atoms with van der Waals surface area (Å²) in [6.45, 7) is 2.65. The van der Waals surface area contributed by atoms with Crippen LogP contribution in [-0.4, -0.2) is 32.2 Å². The second-order valence-corrected chi connectivity index (χ2v) is 3.67. The lowest BCUT2D eigenvalue weighted by molar-refractivity contribution is -0.166. The zero-order chi connectivity index (χ0) is 12.7. The Kier molecular flexibility index (Phi) is 5.97. The predicted molar refractivity (Wildman–Crippen MR) is 65.0 cm³/mol. The van der Waals surface area contributed by atoms with Gasteiger partial charge in [0.2, 0.25) is 0 Å². The maximum Gasteiger partial charge on any atom is 0.187 e. The summed E-state index contributed by atoms with van der Waals surface area (Å²) in [6, 6.07) is 7.35. The smallest absolute Gasteiger partial charge is 0.187 e. The van der Waals surface area contributed by atoms with Crippen LogP contribution in [0.3, 0.4) is 0 Å². The lowest BCUT2D eigenvalue weighted by Crippen LogP contribution is -2.23. The summed E-state index contributed by atoms with van der Waals surface area (Å²) in [4.78, 5) is 0. The van der Waals surface area contributed by atoms with Gasteiger partial charge in [0.25, 0.3) is 0 Å². The first-order valence-corrected chi connectivity index (χ1v) is 5.70. The van der Waals surface area contributed by atoms with E-state index in [9.17, 15) is 5.11 Å². The number of hydrogen-bond acceptors (Lipinski definition) is 4. The molecule has 1 atom stereocenters. The fourth-order valence-electron chi connectivity index (χ4n) is 1.57. The van der Waals surface area contributed by atoms with Crippen LogP contribution >= 0.6 is 0 Å². The van der Waals surface area contributed by atoms with Gasteiger partial charge in [-0.05, 0) is 12.5 Å². The molecule has 96 valence electrons. The first-order valence-electron chi connectivity index (χ1n) is 5.70. The van der Waals surface area contributed by atoms with Crippen LogP contribution in [0.2, 0.25) is 0 Å². The van der Waals surface area contributed by atoms with E-state index >= 15 is 0 Å². The highest BCUT2D eigenvalue weighted by atomic mass is 16.7. The van der Waals surface area contributed by atoms with Crippen LogP contribution in [-0.2, 0) is 9.47 Å². The molecule has 1 aromatic carbocycles. The van der Waals surface area contributed by atoms with Crippen LogP contribution in [0, 0.1) is 0 Å². The van der Waals surface area contributed by atoms with Gasteiger partial charge in [-0.1, -0.05) is 25.1 Å². The van der Waals surface area contributed by atoms with E-state index in [1.54, 1.807) is 6.07 Å². The number of para-hydroxylation sites is 1. The minimum atomic E-state index is -0.863. The lowest BCUT2D eigenvalue weighted by Gasteiger charge is -2.22. The quantitative estimate of drug-likeness (QED) is 0.742. The maximum absolute atomic E-state index is 10.1. The van der Waals surface area contributed by atoms with Crippen molar-refractivity contribution < 1.29 is 19.3 Å². The molecule has 1 N–H and O–H groups in total. The van der Waals surface area contributed by atoms with E-state index in [0.717, 1.165) is 6.42 Å². The molecule has 0 spiro atoms. The van der Waals surface area contributed by atoms with Gasteiger partial charge < -0.3 is 19.3 Å². The van der Waals surface area contributed by atoms with Gasteiger partial charge in [0.05, 0.1) is 6.61 Å². The van der Waals surface area contributed by atoms with Crippen molar-refractivity contribution in [2.24, 2.45) is 0 Å². The third-order valence-electron chi connectivity index (χ3n) is 2.42. The first-order chi connectivity index (χ1) is 8.24. The van der Waals surface area contributed by atoms with Crippen molar-refractivity contribution in [1.29, 1.82) is 0 Å². The Hall–Kier alpha value is -1.10. The molecule has 0 radical (unpaired) electrons. The average molecular weight is 240 g/mol. The molecule has 0 saturated carbocycles. The van der Waals surface area contributed by atoms with Crippen molar-refractivity contribution in [1.82, 2.24) is 0 Å². The van der Waals surface area contributed by atoms with E-state index in [1.165, 1.54) is 14.2 Å². The summed E-state index contributed by atoms with van der Waals surface area (Å²) in [5, 5.41) is 10.1. The Morgan fingerprint density at radius 1 is 1.18 bits per heavy atom. The van der Waals surface area contributed by atoms with Crippen LogP contribution in [0.4, 0.5) is 0 Å². The summed E-state index contributed by atoms with van der Waals surface area (Å²) >= 11 is 0. The molecule has 4 heteroatoms. The second-order valence-electron chi connectivity index (χ2n) is 3.67. The molecular formula is C13H20O4. The van der Waals surface area contributed by atoms with Crippen LogP contribution in [0.5, 0.6) is 5.75 Å². The van der Waals surface area contributed by atoms with E-state index in [1.807, 2.05) is 25.1 Å². The van der Waals surface area contributed by atoms with Crippen molar-refractivity contribution in [3.8, 4) is 5.75 Å². The van der Waals surface area contributed by atoms with E-state index < -0.39 is 12.4 Å². The summed E-state index contributed by atoms with van der Waals surface area (Å²) in [5.74, 6) is 0.668. The Morgan fingerprint density at radius 2 is 1.82 bits per heavy atom. The number of aliphatic hydroxyl groups is 1. The Labute approximate surface area is 102 Å². The van der Waals surface area contributed by atoms with Crippen molar-refractivity contribution in [3.63, 3.8) is 0 Å². The number of methoxy groups -OCH3 is 2. The molecule has 0 bridgehead atoms. The summed E-state index contributed by atoms with van der Waals surface area (Å²) < 4.78 is 15.7. The summed E-state index contributed by atoms with van der Waals surface area (Å²) in [7, 11) is 2.99. The molecule has 17 heavy (non-hydrogen) atoms. The van der Waals surface area contributed by atoms with Gasteiger partial charge in [0.1, 0.15) is 11.9 Å². The standard InChI is InChI=1S/C13H20O4/c1-4-9-17-11-8-6-5-7-10(11)12(14)13(15-2)16-3/h5-8,12-14H,4,9H2,1-3H3. The normalized spacial score (nSPS) is 12.8. The summed E-state index contributed by atoms with van der Waals surface area (Å²) in [5.41, 5.74) is 0.676. The highest BCUT2D eigenvalue weighted by molar-refractivity contribution is 5.35. The third kappa shape index (κ3) is 3.70. The third-order valence-corrected chi connectivity index (χ3v) is 2.42. The highest BCUT2D eigenvalue weighted by Crippen LogP contribution is 2.28. The number of benzene rings is 1. The Bertz CT molecular complexity index is 323. The molecule has 0 aliphatic carbocycles. The topological polar surface area (TPSA) is 47.9 Å². The number of aliphatic hydroxyl groups excluding tert-OH is 1. The second kappa shape index (κ2) is 7.27. The molecule has 0 amide bonds. The van der Waals surface area contributed by atoms with E-state index in [-0.39, 0.29) is 0 Å². The molecule has 0 fully saturated rings. The minimum absolute atomic E-state index is 0.619. The minimum Gasteiger partial charge on any atom is -0.493 e. The molecule has 1 rings (SSSR count). The molecule has 0 aliphatic rings. The molecule has 0 aromatic heterocycles. The zero-order valence-electron chi connectivity index (χ0n) is 10.6. The van der Waals surface area contributed by atoms with Crippen LogP contribution < -0.4 is 4.74 Å². The highest BCUT2D eigenvalue weighted by Gasteiger charge is 2.23. The van der Waals surface area contributed by atoms with Gasteiger partial charge in [0, 0.05) is 19.8 Å². The van der Waals surface area contributed by atoms with Gasteiger partial charge >= 0.3 is 0 Å². The van der Waals surface area contributed by atoms with Gasteiger partial charge in [0.15, 0.2) is 6.29 Å². The van der Waals surface area contributed by atoms with Gasteiger partial charge in [-0.15, -0.1) is 0 Å². The molecule has 0 aliphatic heterocycles. The van der Waals surface area contributed by atoms with Gasteiger partial charge in [-0.3, -0.25) is 0 Å². The Balaban J connectivity index is 2.87. The molecule has 0 heterocycles. The fourth-order valence-corrected chi connectivity index (χ4v) is 1.57. The van der Waals surface area contributed by atoms with Crippen molar-refractivity contribution in [3.05, 3.63) is 29.8 Å². The van der Waals surface area contributed by atoms with E-state index in [2.05, 4.69) is 0 Å². The predicted octanol–water partition coefficient (Wildman–Crippen LogP) is 2.13. The van der Waals surface area contributed by atoms with Crippen LogP contribution in [0.1, 0.15) is 25.0 Å². The first kappa shape index (κ1) is 14.0. The van der Waals surface area contributed by atoms with Gasteiger partial charge in [-0.25, -0.2) is 0 Å². The van der Waals surface area contributed by atoms with Crippen molar-refractivity contribution >= 4 is 0 Å². The lowest BCUT2D eigenvalue weighted by atomic mass is 10.1.